The van der Waals surface area contributed by atoms with Gasteiger partial charge in [0.15, 0.2) is 5.82 Å². The average Bonchev–Trinajstić information content (AvgIpc) is 3.23. The van der Waals surface area contributed by atoms with Gasteiger partial charge in [0.1, 0.15) is 0 Å². The van der Waals surface area contributed by atoms with Gasteiger partial charge in [-0.3, -0.25) is 10.1 Å². The number of carboxylic acid groups (broad SMARTS) is 1. The van der Waals surface area contributed by atoms with Crippen molar-refractivity contribution in [3.05, 3.63) is 76.6 Å². The molecule has 0 aliphatic heterocycles. The maximum absolute atomic E-state index is 11.7. The Bertz CT molecular complexity index is 1010. The lowest BCUT2D eigenvalue weighted by atomic mass is 9.96. The van der Waals surface area contributed by atoms with Crippen molar-refractivity contribution in [2.45, 2.75) is 71.5 Å². The molecule has 2 unspecified atom stereocenters. The number of benzene rings is 2. The van der Waals surface area contributed by atoms with Gasteiger partial charge in [-0.1, -0.05) is 81.3 Å². The SMILES string of the molecule is CCCCn1nnnc1C(NC(CC(=O)O)c1cccc(C)c1)c1ccc(C(C)C)cc1. The van der Waals surface area contributed by atoms with E-state index in [2.05, 4.69) is 65.9 Å². The molecule has 0 fully saturated rings. The predicted octanol–water partition coefficient (Wildman–Crippen LogP) is 4.80. The second-order valence-electron chi connectivity index (χ2n) is 8.60. The third kappa shape index (κ3) is 6.01. The van der Waals surface area contributed by atoms with Gasteiger partial charge in [-0.2, -0.15) is 0 Å². The van der Waals surface area contributed by atoms with Crippen molar-refractivity contribution in [2.24, 2.45) is 0 Å². The Kier molecular flexibility index (Phi) is 8.11. The van der Waals surface area contributed by atoms with Crippen molar-refractivity contribution in [1.82, 2.24) is 25.5 Å². The molecule has 0 aliphatic carbocycles. The summed E-state index contributed by atoms with van der Waals surface area (Å²) in [5.41, 5.74) is 4.28. The van der Waals surface area contributed by atoms with E-state index in [9.17, 15) is 9.90 Å². The topological polar surface area (TPSA) is 92.9 Å². The fourth-order valence-electron chi connectivity index (χ4n) is 3.81. The number of aromatic nitrogens is 4. The Labute approximate surface area is 189 Å². The number of unbranched alkanes of at least 4 members (excludes halogenated alkanes) is 1. The quantitative estimate of drug-likeness (QED) is 0.449. The summed E-state index contributed by atoms with van der Waals surface area (Å²) in [6.07, 6.45) is 1.96. The zero-order valence-electron chi connectivity index (χ0n) is 19.3. The number of carboxylic acids is 1. The minimum absolute atomic E-state index is 0.0411. The van der Waals surface area contributed by atoms with E-state index in [1.165, 1.54) is 5.56 Å². The second kappa shape index (κ2) is 11.0. The molecule has 0 aliphatic rings. The lowest BCUT2D eigenvalue weighted by Gasteiger charge is -2.26. The molecule has 0 saturated heterocycles. The average molecular weight is 436 g/mol. The highest BCUT2D eigenvalue weighted by atomic mass is 16.4. The van der Waals surface area contributed by atoms with Gasteiger partial charge in [0.05, 0.1) is 12.5 Å². The molecular formula is C25H33N5O2. The van der Waals surface area contributed by atoms with Gasteiger partial charge in [-0.05, 0) is 46.4 Å². The van der Waals surface area contributed by atoms with Crippen molar-refractivity contribution in [3.8, 4) is 0 Å². The molecule has 2 atom stereocenters. The summed E-state index contributed by atoms with van der Waals surface area (Å²) in [5, 5.41) is 25.6. The number of rotatable bonds is 11. The summed E-state index contributed by atoms with van der Waals surface area (Å²) in [6.45, 7) is 9.18. The van der Waals surface area contributed by atoms with Crippen LogP contribution in [0.5, 0.6) is 0 Å². The van der Waals surface area contributed by atoms with Crippen LogP contribution in [0.1, 0.15) is 86.1 Å². The molecule has 3 rings (SSSR count). The van der Waals surface area contributed by atoms with Gasteiger partial charge in [0, 0.05) is 12.6 Å². The van der Waals surface area contributed by atoms with Crippen LogP contribution in [-0.2, 0) is 11.3 Å². The minimum atomic E-state index is -0.858. The van der Waals surface area contributed by atoms with E-state index >= 15 is 0 Å². The maximum Gasteiger partial charge on any atom is 0.305 e. The van der Waals surface area contributed by atoms with Crippen LogP contribution in [0.4, 0.5) is 0 Å². The highest BCUT2D eigenvalue weighted by Crippen LogP contribution is 2.28. The van der Waals surface area contributed by atoms with Crippen molar-refractivity contribution < 1.29 is 9.90 Å². The van der Waals surface area contributed by atoms with Crippen molar-refractivity contribution >= 4 is 5.97 Å². The van der Waals surface area contributed by atoms with E-state index < -0.39 is 12.0 Å². The Balaban J connectivity index is 2.02. The third-order valence-corrected chi connectivity index (χ3v) is 5.67. The predicted molar refractivity (Wildman–Crippen MR) is 124 cm³/mol. The number of nitrogens with one attached hydrogen (secondary N) is 1. The third-order valence-electron chi connectivity index (χ3n) is 5.67. The lowest BCUT2D eigenvalue weighted by Crippen LogP contribution is -2.31. The molecule has 7 heteroatoms. The number of aryl methyl sites for hydroxylation is 2. The van der Waals surface area contributed by atoms with E-state index in [1.54, 1.807) is 0 Å². The summed E-state index contributed by atoms with van der Waals surface area (Å²) >= 11 is 0. The normalized spacial score (nSPS) is 13.3. The largest absolute Gasteiger partial charge is 0.481 e. The molecule has 170 valence electrons. The van der Waals surface area contributed by atoms with Crippen LogP contribution in [0.3, 0.4) is 0 Å². The van der Waals surface area contributed by atoms with Crippen LogP contribution in [0.25, 0.3) is 0 Å². The first-order valence-corrected chi connectivity index (χ1v) is 11.3. The van der Waals surface area contributed by atoms with Crippen LogP contribution < -0.4 is 5.32 Å². The molecule has 7 nitrogen and oxygen atoms in total. The summed E-state index contributed by atoms with van der Waals surface area (Å²) in [5.74, 6) is 0.264. The maximum atomic E-state index is 11.7. The summed E-state index contributed by atoms with van der Waals surface area (Å²) in [6, 6.07) is 15.6. The molecule has 3 aromatic rings. The number of tetrazole rings is 1. The molecule has 2 aromatic carbocycles. The van der Waals surface area contributed by atoms with Crippen molar-refractivity contribution in [3.63, 3.8) is 0 Å². The van der Waals surface area contributed by atoms with E-state index in [1.807, 2.05) is 35.9 Å². The molecule has 1 heterocycles. The van der Waals surface area contributed by atoms with E-state index in [-0.39, 0.29) is 12.5 Å². The smallest absolute Gasteiger partial charge is 0.305 e. The zero-order valence-corrected chi connectivity index (χ0v) is 19.3. The highest BCUT2D eigenvalue weighted by molar-refractivity contribution is 5.68. The summed E-state index contributed by atoms with van der Waals surface area (Å²) in [7, 11) is 0. The monoisotopic (exact) mass is 435 g/mol. The van der Waals surface area contributed by atoms with Gasteiger partial charge >= 0.3 is 5.97 Å². The van der Waals surface area contributed by atoms with Gasteiger partial charge in [-0.25, -0.2) is 4.68 Å². The Morgan fingerprint density at radius 1 is 1.09 bits per heavy atom. The summed E-state index contributed by atoms with van der Waals surface area (Å²) in [4.78, 5) is 11.7. The Hall–Kier alpha value is -3.06. The molecule has 0 bridgehead atoms. The lowest BCUT2D eigenvalue weighted by molar-refractivity contribution is -0.137. The van der Waals surface area contributed by atoms with E-state index in [0.29, 0.717) is 11.7 Å². The first kappa shape index (κ1) is 23.6. The van der Waals surface area contributed by atoms with Crippen LogP contribution in [0, 0.1) is 6.92 Å². The number of hydrogen-bond acceptors (Lipinski definition) is 5. The van der Waals surface area contributed by atoms with Crippen molar-refractivity contribution in [2.75, 3.05) is 0 Å². The van der Waals surface area contributed by atoms with Crippen LogP contribution in [0.15, 0.2) is 48.5 Å². The number of hydrogen-bond donors (Lipinski definition) is 2. The molecular weight excluding hydrogens is 402 g/mol. The standard InChI is InChI=1S/C25H33N5O2/c1-5-6-14-30-25(27-28-29-30)24(20-12-10-19(11-13-20)17(2)3)26-22(16-23(31)32)21-9-7-8-18(4)15-21/h7-13,15,17,22,24,26H,5-6,14,16H2,1-4H3,(H,31,32). The molecule has 1 aromatic heterocycles. The number of nitrogens with zero attached hydrogens (tertiary/aromatic N) is 4. The summed E-state index contributed by atoms with van der Waals surface area (Å²) < 4.78 is 1.82. The molecule has 0 spiro atoms. The minimum Gasteiger partial charge on any atom is -0.481 e. The fraction of sp³-hybridized carbons (Fsp3) is 0.440. The van der Waals surface area contributed by atoms with Gasteiger partial charge < -0.3 is 5.11 Å². The van der Waals surface area contributed by atoms with Crippen LogP contribution >= 0.6 is 0 Å². The molecule has 2 N–H and O–H groups in total. The first-order chi connectivity index (χ1) is 15.4. The molecule has 0 radical (unpaired) electrons. The Morgan fingerprint density at radius 2 is 1.81 bits per heavy atom. The van der Waals surface area contributed by atoms with Crippen molar-refractivity contribution in [1.29, 1.82) is 0 Å². The van der Waals surface area contributed by atoms with E-state index in [0.717, 1.165) is 36.1 Å². The Morgan fingerprint density at radius 3 is 2.44 bits per heavy atom. The number of aliphatic carboxylic acids is 1. The van der Waals surface area contributed by atoms with Crippen LogP contribution in [-0.4, -0.2) is 31.3 Å². The molecule has 32 heavy (non-hydrogen) atoms. The first-order valence-electron chi connectivity index (χ1n) is 11.3. The second-order valence-corrected chi connectivity index (χ2v) is 8.60. The highest BCUT2D eigenvalue weighted by Gasteiger charge is 2.26. The number of carbonyl (C=O) groups is 1. The van der Waals surface area contributed by atoms with Crippen LogP contribution in [0.2, 0.25) is 0 Å². The van der Waals surface area contributed by atoms with Gasteiger partial charge in [0.2, 0.25) is 0 Å². The van der Waals surface area contributed by atoms with Gasteiger partial charge in [-0.15, -0.1) is 5.10 Å². The molecule has 0 saturated carbocycles. The molecule has 0 amide bonds. The van der Waals surface area contributed by atoms with Gasteiger partial charge in [0.25, 0.3) is 0 Å². The zero-order chi connectivity index (χ0) is 23.1. The van der Waals surface area contributed by atoms with E-state index in [4.69, 9.17) is 0 Å². The fourth-order valence-corrected chi connectivity index (χ4v) is 3.81.